The Morgan fingerprint density at radius 2 is 1.94 bits per heavy atom. The number of aromatic nitrogens is 5. The molecule has 0 atom stereocenters. The lowest BCUT2D eigenvalue weighted by Gasteiger charge is -2.13. The van der Waals surface area contributed by atoms with Crippen molar-refractivity contribution in [2.24, 2.45) is 0 Å². The van der Waals surface area contributed by atoms with Crippen LogP contribution in [0.25, 0.3) is 22.6 Å². The Morgan fingerprint density at radius 1 is 1.03 bits per heavy atom. The Hall–Kier alpha value is -4.33. The van der Waals surface area contributed by atoms with Gasteiger partial charge in [-0.15, -0.1) is 10.2 Å². The van der Waals surface area contributed by atoms with Crippen LogP contribution >= 0.6 is 0 Å². The summed E-state index contributed by atoms with van der Waals surface area (Å²) in [6.45, 7) is 1.07. The van der Waals surface area contributed by atoms with Gasteiger partial charge >= 0.3 is 0 Å². The van der Waals surface area contributed by atoms with E-state index in [1.165, 1.54) is 12.8 Å². The second-order valence-electron chi connectivity index (χ2n) is 8.73. The minimum Gasteiger partial charge on any atom is -0.492 e. The molecule has 6 rings (SSSR count). The normalized spacial score (nSPS) is 16.6. The van der Waals surface area contributed by atoms with Gasteiger partial charge in [-0.05, 0) is 55.2 Å². The largest absolute Gasteiger partial charge is 0.492 e. The van der Waals surface area contributed by atoms with Crippen molar-refractivity contribution in [3.8, 4) is 28.4 Å². The Kier molecular flexibility index (Phi) is 5.54. The quantitative estimate of drug-likeness (QED) is 0.425. The second kappa shape index (κ2) is 9.13. The molecule has 35 heavy (non-hydrogen) atoms. The highest BCUT2D eigenvalue weighted by atomic mass is 16.5. The number of ether oxygens (including phenoxy) is 1. The van der Waals surface area contributed by atoms with E-state index in [2.05, 4.69) is 43.7 Å². The van der Waals surface area contributed by atoms with Gasteiger partial charge in [0.1, 0.15) is 23.6 Å². The van der Waals surface area contributed by atoms with Gasteiger partial charge in [0.2, 0.25) is 0 Å². The van der Waals surface area contributed by atoms with E-state index in [1.807, 2.05) is 47.2 Å². The van der Waals surface area contributed by atoms with Crippen LogP contribution in [0.3, 0.4) is 0 Å². The van der Waals surface area contributed by atoms with Gasteiger partial charge in [-0.2, -0.15) is 0 Å². The number of anilines is 1. The van der Waals surface area contributed by atoms with Gasteiger partial charge in [-0.1, -0.05) is 30.4 Å². The van der Waals surface area contributed by atoms with E-state index >= 15 is 0 Å². The van der Waals surface area contributed by atoms with Crippen molar-refractivity contribution in [2.45, 2.75) is 31.7 Å². The third kappa shape index (κ3) is 4.55. The van der Waals surface area contributed by atoms with E-state index < -0.39 is 0 Å². The van der Waals surface area contributed by atoms with Gasteiger partial charge in [-0.3, -0.25) is 9.78 Å². The summed E-state index contributed by atoms with van der Waals surface area (Å²) >= 11 is 0. The van der Waals surface area contributed by atoms with E-state index in [1.54, 1.807) is 12.4 Å². The highest BCUT2D eigenvalue weighted by Gasteiger charge is 2.24. The van der Waals surface area contributed by atoms with Gasteiger partial charge in [0.15, 0.2) is 5.82 Å². The van der Waals surface area contributed by atoms with Crippen LogP contribution in [0.1, 0.15) is 41.2 Å². The van der Waals surface area contributed by atoms with Crippen molar-refractivity contribution >= 4 is 11.7 Å². The molecule has 1 aliphatic carbocycles. The molecule has 4 aromatic rings. The number of amides is 1. The number of allylic oxidation sites excluding steroid dienone is 1. The third-order valence-corrected chi connectivity index (χ3v) is 6.19. The summed E-state index contributed by atoms with van der Waals surface area (Å²) in [6.07, 6.45) is 10.8. The summed E-state index contributed by atoms with van der Waals surface area (Å²) in [5.74, 6) is 1.91. The number of pyridine rings is 2. The summed E-state index contributed by atoms with van der Waals surface area (Å²) in [6, 6.07) is 15.3. The molecule has 3 aromatic heterocycles. The van der Waals surface area contributed by atoms with E-state index in [4.69, 9.17) is 4.74 Å². The van der Waals surface area contributed by atoms with Gasteiger partial charge in [0.25, 0.3) is 5.91 Å². The lowest BCUT2D eigenvalue weighted by atomic mass is 10.0. The zero-order valence-electron chi connectivity index (χ0n) is 19.1. The van der Waals surface area contributed by atoms with E-state index in [0.717, 1.165) is 16.8 Å². The Bertz CT molecular complexity index is 1410. The molecule has 1 aromatic carbocycles. The molecule has 1 fully saturated rings. The molecule has 8 heteroatoms. The number of fused-ring (bicyclic) bond motifs is 5. The molecular weight excluding hydrogens is 440 g/mol. The molecule has 1 amide bonds. The fourth-order valence-corrected chi connectivity index (χ4v) is 4.15. The molecule has 1 N–H and O–H groups in total. The predicted octanol–water partition coefficient (Wildman–Crippen LogP) is 4.87. The summed E-state index contributed by atoms with van der Waals surface area (Å²) in [5, 5.41) is 11.2. The molecule has 2 aliphatic rings. The van der Waals surface area contributed by atoms with Crippen molar-refractivity contribution in [3.63, 3.8) is 0 Å². The number of nitrogens with zero attached hydrogens (tertiary/aromatic N) is 5. The fourth-order valence-electron chi connectivity index (χ4n) is 4.15. The van der Waals surface area contributed by atoms with E-state index in [-0.39, 0.29) is 5.91 Å². The topological polar surface area (TPSA) is 94.8 Å². The Morgan fingerprint density at radius 3 is 2.80 bits per heavy atom. The molecule has 4 heterocycles. The van der Waals surface area contributed by atoms with Crippen LogP contribution in [0.5, 0.6) is 5.75 Å². The summed E-state index contributed by atoms with van der Waals surface area (Å²) in [4.78, 5) is 22.6. The lowest BCUT2D eigenvalue weighted by Crippen LogP contribution is -2.15. The number of nitrogens with one attached hydrogen (secondary N) is 1. The Labute approximate surface area is 202 Å². The molecule has 0 unspecified atom stereocenters. The molecule has 0 spiro atoms. The first-order valence-corrected chi connectivity index (χ1v) is 11.8. The minimum atomic E-state index is -0.291. The van der Waals surface area contributed by atoms with Crippen LogP contribution in [-0.2, 0) is 6.54 Å². The maximum Gasteiger partial charge on any atom is 0.260 e. The maximum absolute atomic E-state index is 13.4. The molecule has 174 valence electrons. The van der Waals surface area contributed by atoms with E-state index in [0.29, 0.717) is 54.1 Å². The van der Waals surface area contributed by atoms with Crippen molar-refractivity contribution in [1.82, 2.24) is 24.7 Å². The van der Waals surface area contributed by atoms with Gasteiger partial charge < -0.3 is 14.6 Å². The molecule has 2 bridgehead atoms. The second-order valence-corrected chi connectivity index (χ2v) is 8.73. The van der Waals surface area contributed by atoms with Gasteiger partial charge in [0.05, 0.1) is 12.2 Å². The SMILES string of the molecule is O=C1Nc2cccc(n2)-c2nncn2C/C=C\CCOc2ccc(-c3ccc(C4CC4)nc3)cc21. The summed E-state index contributed by atoms with van der Waals surface area (Å²) in [5.41, 5.74) is 4.09. The fraction of sp³-hybridized carbons (Fsp3) is 0.222. The first-order valence-electron chi connectivity index (χ1n) is 11.8. The van der Waals surface area contributed by atoms with Crippen molar-refractivity contribution in [2.75, 3.05) is 11.9 Å². The first kappa shape index (κ1) is 21.2. The van der Waals surface area contributed by atoms with Crippen LogP contribution < -0.4 is 10.1 Å². The molecule has 0 radical (unpaired) electrons. The number of rotatable bonds is 2. The maximum atomic E-state index is 13.4. The Balaban J connectivity index is 1.35. The first-order chi connectivity index (χ1) is 17.2. The van der Waals surface area contributed by atoms with Crippen LogP contribution in [0, 0.1) is 0 Å². The molecular formula is C27H24N6O2. The molecule has 1 saturated carbocycles. The van der Waals surface area contributed by atoms with Gasteiger partial charge in [0, 0.05) is 29.9 Å². The van der Waals surface area contributed by atoms with Crippen LogP contribution in [-0.4, -0.2) is 37.2 Å². The highest BCUT2D eigenvalue weighted by Crippen LogP contribution is 2.39. The van der Waals surface area contributed by atoms with Gasteiger partial charge in [-0.25, -0.2) is 4.98 Å². The van der Waals surface area contributed by atoms with Crippen LogP contribution in [0.2, 0.25) is 0 Å². The minimum absolute atomic E-state index is 0.291. The number of carbonyl (C=O) groups is 1. The van der Waals surface area contributed by atoms with Crippen molar-refractivity contribution < 1.29 is 9.53 Å². The summed E-state index contributed by atoms with van der Waals surface area (Å²) < 4.78 is 7.92. The third-order valence-electron chi connectivity index (χ3n) is 6.19. The predicted molar refractivity (Wildman–Crippen MR) is 132 cm³/mol. The lowest BCUT2D eigenvalue weighted by molar-refractivity contribution is 0.102. The monoisotopic (exact) mass is 464 g/mol. The van der Waals surface area contributed by atoms with Crippen LogP contribution in [0.15, 0.2) is 73.2 Å². The van der Waals surface area contributed by atoms with Crippen molar-refractivity contribution in [3.05, 3.63) is 84.5 Å². The number of benzene rings is 1. The van der Waals surface area contributed by atoms with Crippen LogP contribution in [0.4, 0.5) is 5.82 Å². The smallest absolute Gasteiger partial charge is 0.260 e. The van der Waals surface area contributed by atoms with E-state index in [9.17, 15) is 4.79 Å². The average molecular weight is 465 g/mol. The number of hydrogen-bond acceptors (Lipinski definition) is 6. The standard InChI is InChI=1S/C27H24N6O2/c34-27-21-15-19(20-9-11-22(28-16-20)18-7-8-18)10-12-24(21)35-14-3-1-2-13-33-17-29-32-26(33)23-5-4-6-25(30-23)31-27/h1-2,4-6,9-12,15-18H,3,7-8,13-14H2,(H,30,31,34)/b2-1-. The molecule has 8 nitrogen and oxygen atoms in total. The average Bonchev–Trinajstić information content (AvgIpc) is 3.63. The highest BCUT2D eigenvalue weighted by molar-refractivity contribution is 6.06. The van der Waals surface area contributed by atoms with Crippen molar-refractivity contribution in [1.29, 1.82) is 0 Å². The number of hydrogen-bond donors (Lipinski definition) is 1. The molecule has 0 saturated heterocycles. The zero-order chi connectivity index (χ0) is 23.6. The number of carbonyl (C=O) groups excluding carboxylic acids is 1. The zero-order valence-corrected chi connectivity index (χ0v) is 19.1. The molecule has 1 aliphatic heterocycles. The summed E-state index contributed by atoms with van der Waals surface area (Å²) in [7, 11) is 0.